The van der Waals surface area contributed by atoms with Gasteiger partial charge in [0.1, 0.15) is 11.8 Å². The highest BCUT2D eigenvalue weighted by Gasteiger charge is 2.24. The lowest BCUT2D eigenvalue weighted by molar-refractivity contribution is 0.0602. The van der Waals surface area contributed by atoms with Gasteiger partial charge in [-0.15, -0.1) is 0 Å². The number of benzene rings is 1. The molecule has 1 aromatic carbocycles. The van der Waals surface area contributed by atoms with Crippen LogP contribution < -0.4 is 0 Å². The van der Waals surface area contributed by atoms with Crippen LogP contribution in [-0.4, -0.2) is 17.6 Å². The van der Waals surface area contributed by atoms with Crippen LogP contribution in [0.5, 0.6) is 0 Å². The predicted molar refractivity (Wildman–Crippen MR) is 97.1 cm³/mol. The molecule has 0 fully saturated rings. The van der Waals surface area contributed by atoms with Crippen molar-refractivity contribution in [3.63, 3.8) is 0 Å². The molecule has 0 aliphatic heterocycles. The number of rotatable bonds is 3. The molecule has 0 amide bonds. The monoisotopic (exact) mass is 348 g/mol. The second-order valence-electron chi connectivity index (χ2n) is 6.64. The molecule has 5 heteroatoms. The standard InChI is InChI=1S/C21H20N2O3/c1-25-21(24)18-8-5-7-17-16-6-3-2-4-9-19(16)23(20(17)18)13-15-11-10-14(12-22)26-15/h5,7-8,10-11H,2-4,6,9,13H2,1H3. The lowest BCUT2D eigenvalue weighted by Crippen LogP contribution is -2.09. The molecule has 132 valence electrons. The molecule has 2 heterocycles. The van der Waals surface area contributed by atoms with Gasteiger partial charge < -0.3 is 13.7 Å². The topological polar surface area (TPSA) is 68.2 Å². The third-order valence-electron chi connectivity index (χ3n) is 5.14. The summed E-state index contributed by atoms with van der Waals surface area (Å²) in [5.74, 6) is 0.683. The summed E-state index contributed by atoms with van der Waals surface area (Å²) in [5.41, 5.74) is 4.07. The molecular weight excluding hydrogens is 328 g/mol. The Kier molecular flexibility index (Phi) is 4.26. The van der Waals surface area contributed by atoms with Gasteiger partial charge in [0, 0.05) is 11.1 Å². The van der Waals surface area contributed by atoms with Crippen molar-refractivity contribution in [2.45, 2.75) is 38.6 Å². The summed E-state index contributed by atoms with van der Waals surface area (Å²) in [5, 5.41) is 10.1. The van der Waals surface area contributed by atoms with Crippen molar-refractivity contribution in [2.75, 3.05) is 7.11 Å². The fourth-order valence-corrected chi connectivity index (χ4v) is 3.99. The fourth-order valence-electron chi connectivity index (χ4n) is 3.99. The van der Waals surface area contributed by atoms with E-state index in [1.54, 1.807) is 6.07 Å². The molecule has 4 rings (SSSR count). The van der Waals surface area contributed by atoms with Gasteiger partial charge in [0.15, 0.2) is 0 Å². The second kappa shape index (κ2) is 6.72. The zero-order valence-corrected chi connectivity index (χ0v) is 14.7. The van der Waals surface area contributed by atoms with E-state index in [1.165, 1.54) is 24.8 Å². The number of methoxy groups -OCH3 is 1. The average Bonchev–Trinajstić information content (AvgIpc) is 3.15. The van der Waals surface area contributed by atoms with Crippen LogP contribution >= 0.6 is 0 Å². The largest absolute Gasteiger partial charge is 0.465 e. The van der Waals surface area contributed by atoms with Gasteiger partial charge in [0.05, 0.1) is 24.7 Å². The molecule has 26 heavy (non-hydrogen) atoms. The summed E-state index contributed by atoms with van der Waals surface area (Å²) in [4.78, 5) is 12.4. The first-order chi connectivity index (χ1) is 12.7. The molecule has 0 saturated heterocycles. The Morgan fingerprint density at radius 1 is 1.23 bits per heavy atom. The third-order valence-corrected chi connectivity index (χ3v) is 5.14. The molecule has 0 bridgehead atoms. The van der Waals surface area contributed by atoms with Gasteiger partial charge in [-0.2, -0.15) is 5.26 Å². The van der Waals surface area contributed by atoms with Gasteiger partial charge in [-0.05, 0) is 49.4 Å². The lowest BCUT2D eigenvalue weighted by atomic mass is 10.0. The smallest absolute Gasteiger partial charge is 0.340 e. The van der Waals surface area contributed by atoms with Crippen LogP contribution in [0.1, 0.15) is 52.4 Å². The molecule has 0 unspecified atom stereocenters. The molecule has 3 aromatic rings. The first-order valence-corrected chi connectivity index (χ1v) is 8.93. The average molecular weight is 348 g/mol. The Morgan fingerprint density at radius 2 is 2.08 bits per heavy atom. The quantitative estimate of drug-likeness (QED) is 0.525. The Morgan fingerprint density at radius 3 is 2.85 bits per heavy atom. The highest BCUT2D eigenvalue weighted by molar-refractivity contribution is 6.04. The number of carbonyl (C=O) groups is 1. The van der Waals surface area contributed by atoms with E-state index >= 15 is 0 Å². The summed E-state index contributed by atoms with van der Waals surface area (Å²) in [6.45, 7) is 0.502. The SMILES string of the molecule is COC(=O)c1cccc2c3c(n(Cc4ccc(C#N)o4)c12)CCCCC3. The van der Waals surface area contributed by atoms with Crippen LogP contribution in [0.3, 0.4) is 0 Å². The van der Waals surface area contributed by atoms with E-state index in [0.29, 0.717) is 23.6 Å². The molecule has 2 aromatic heterocycles. The summed E-state index contributed by atoms with van der Waals surface area (Å²) in [6.07, 6.45) is 5.51. The van der Waals surface area contributed by atoms with Crippen LogP contribution in [0.4, 0.5) is 0 Å². The van der Waals surface area contributed by atoms with Crippen molar-refractivity contribution in [3.05, 3.63) is 58.7 Å². The van der Waals surface area contributed by atoms with E-state index in [0.717, 1.165) is 36.6 Å². The number of carbonyl (C=O) groups excluding carboxylic acids is 1. The van der Waals surface area contributed by atoms with Crippen molar-refractivity contribution in [1.82, 2.24) is 4.57 Å². The first-order valence-electron chi connectivity index (χ1n) is 8.93. The van der Waals surface area contributed by atoms with Gasteiger partial charge in [-0.1, -0.05) is 18.6 Å². The molecule has 1 aliphatic carbocycles. The minimum absolute atomic E-state index is 0.302. The summed E-state index contributed by atoms with van der Waals surface area (Å²) in [7, 11) is 1.41. The van der Waals surface area contributed by atoms with E-state index < -0.39 is 0 Å². The number of nitriles is 1. The predicted octanol–water partition coefficient (Wildman–Crippen LogP) is 4.21. The van der Waals surface area contributed by atoms with Crippen LogP contribution in [-0.2, 0) is 24.1 Å². The normalized spacial score (nSPS) is 13.8. The highest BCUT2D eigenvalue weighted by atomic mass is 16.5. The highest BCUT2D eigenvalue weighted by Crippen LogP contribution is 2.34. The summed E-state index contributed by atoms with van der Waals surface area (Å²) >= 11 is 0. The first kappa shape index (κ1) is 16.5. The fraction of sp³-hybridized carbons (Fsp3) is 0.333. The van der Waals surface area contributed by atoms with Crippen molar-refractivity contribution in [3.8, 4) is 6.07 Å². The van der Waals surface area contributed by atoms with Crippen molar-refractivity contribution < 1.29 is 13.9 Å². The van der Waals surface area contributed by atoms with Crippen molar-refractivity contribution in [1.29, 1.82) is 5.26 Å². The molecule has 5 nitrogen and oxygen atoms in total. The Labute approximate surface area is 151 Å². The number of hydrogen-bond donors (Lipinski definition) is 0. The Hall–Kier alpha value is -3.00. The van der Waals surface area contributed by atoms with E-state index in [2.05, 4.69) is 10.6 Å². The maximum absolute atomic E-state index is 12.4. The van der Waals surface area contributed by atoms with E-state index in [4.69, 9.17) is 14.4 Å². The maximum Gasteiger partial charge on any atom is 0.340 e. The van der Waals surface area contributed by atoms with Gasteiger partial charge in [0.2, 0.25) is 5.76 Å². The number of aryl methyl sites for hydroxylation is 1. The van der Waals surface area contributed by atoms with E-state index in [9.17, 15) is 4.79 Å². The molecule has 0 spiro atoms. The van der Waals surface area contributed by atoms with Gasteiger partial charge >= 0.3 is 5.97 Å². The lowest BCUT2D eigenvalue weighted by Gasteiger charge is -2.11. The maximum atomic E-state index is 12.4. The molecular formula is C21H20N2O3. The molecule has 0 N–H and O–H groups in total. The minimum atomic E-state index is -0.332. The van der Waals surface area contributed by atoms with Crippen LogP contribution in [0.15, 0.2) is 34.7 Å². The number of aromatic nitrogens is 1. The third kappa shape index (κ3) is 2.68. The molecule has 0 atom stereocenters. The van der Waals surface area contributed by atoms with Crippen molar-refractivity contribution >= 4 is 16.9 Å². The van der Waals surface area contributed by atoms with Gasteiger partial charge in [-0.25, -0.2) is 4.79 Å². The minimum Gasteiger partial charge on any atom is -0.465 e. The van der Waals surface area contributed by atoms with Crippen LogP contribution in [0.25, 0.3) is 10.9 Å². The number of esters is 1. The van der Waals surface area contributed by atoms with E-state index in [-0.39, 0.29) is 5.97 Å². The van der Waals surface area contributed by atoms with Crippen molar-refractivity contribution in [2.24, 2.45) is 0 Å². The number of fused-ring (bicyclic) bond motifs is 3. The number of hydrogen-bond acceptors (Lipinski definition) is 4. The van der Waals surface area contributed by atoms with E-state index in [1.807, 2.05) is 24.3 Å². The molecule has 1 aliphatic rings. The van der Waals surface area contributed by atoms with Crippen LogP contribution in [0, 0.1) is 11.3 Å². The van der Waals surface area contributed by atoms with Crippen LogP contribution in [0.2, 0.25) is 0 Å². The second-order valence-corrected chi connectivity index (χ2v) is 6.64. The summed E-state index contributed by atoms with van der Waals surface area (Å²) < 4.78 is 12.8. The zero-order valence-electron chi connectivity index (χ0n) is 14.7. The Bertz CT molecular complexity index is 1020. The molecule has 0 radical (unpaired) electrons. The van der Waals surface area contributed by atoms with Gasteiger partial charge in [-0.3, -0.25) is 0 Å². The number of ether oxygens (including phenoxy) is 1. The zero-order chi connectivity index (χ0) is 18.1. The number of para-hydroxylation sites is 1. The molecule has 0 saturated carbocycles. The number of furan rings is 1. The van der Waals surface area contributed by atoms with Gasteiger partial charge in [0.25, 0.3) is 0 Å². The summed E-state index contributed by atoms with van der Waals surface area (Å²) in [6, 6.07) is 11.4. The Balaban J connectivity index is 1.94. The number of nitrogens with zero attached hydrogens (tertiary/aromatic N) is 2.